The Morgan fingerprint density at radius 1 is 1.29 bits per heavy atom. The van der Waals surface area contributed by atoms with Crippen molar-refractivity contribution in [3.8, 4) is 0 Å². The molecule has 0 saturated carbocycles. The maximum atomic E-state index is 8.38. The number of hydrogen-bond acceptors (Lipinski definition) is 4. The normalized spacial score (nSPS) is 4.29. The van der Waals surface area contributed by atoms with E-state index < -0.39 is 6.16 Å². The van der Waals surface area contributed by atoms with E-state index in [1.807, 2.05) is 0 Å². The summed E-state index contributed by atoms with van der Waals surface area (Å²) in [6.45, 7) is 0. The van der Waals surface area contributed by atoms with E-state index >= 15 is 0 Å². The Morgan fingerprint density at radius 2 is 1.29 bits per heavy atom. The second-order valence-corrected chi connectivity index (χ2v) is 0.250. The first-order valence-electron chi connectivity index (χ1n) is 0.901. The van der Waals surface area contributed by atoms with Crippen LogP contribution in [0, 0.1) is 0 Å². The summed E-state index contributed by atoms with van der Waals surface area (Å²) in [6.07, 6.45) is -2.33. The summed E-state index contributed by atoms with van der Waals surface area (Å²) in [4.78, 5) is 8.33. The number of hydrogen-bond donors (Lipinski definition) is 0. The van der Waals surface area contributed by atoms with Crippen LogP contribution in [0.2, 0.25) is 0 Å². The average molecular weight is 207 g/mol. The van der Waals surface area contributed by atoms with E-state index in [0.717, 1.165) is 0 Å². The van der Waals surface area contributed by atoms with Crippen molar-refractivity contribution < 1.29 is 56.3 Å². The summed E-state index contributed by atoms with van der Waals surface area (Å²) in [7, 11) is 0. The third-order valence-corrected chi connectivity index (χ3v) is 0. The molecule has 0 amide bonds. The van der Waals surface area contributed by atoms with Crippen LogP contribution in [0.25, 0.3) is 0 Å². The van der Waals surface area contributed by atoms with Gasteiger partial charge in [-0.05, 0) is 6.16 Å². The molecule has 0 aliphatic carbocycles. The molecule has 0 aromatic carbocycles. The van der Waals surface area contributed by atoms with Crippen LogP contribution in [0.15, 0.2) is 0 Å². The zero-order chi connectivity index (χ0) is 5.58. The minimum Gasteiger partial charge on any atom is 2.00 e. The summed E-state index contributed by atoms with van der Waals surface area (Å²) >= 11 is 0.125. The Hall–Kier alpha value is 0.317. The van der Waals surface area contributed by atoms with E-state index in [1.165, 1.54) is 0 Å². The molecule has 32 valence electrons. The van der Waals surface area contributed by atoms with Crippen LogP contribution >= 0.6 is 0 Å². The minimum absolute atomic E-state index is 0. The average Bonchev–Trinajstić information content (AvgIpc) is 1.41. The molecular formula is CO4Zn2. The number of carbonyl (C=O) groups excluding carboxylic acids is 1. The first-order chi connectivity index (χ1) is 2.73. The second kappa shape index (κ2) is 16.2. The van der Waals surface area contributed by atoms with Crippen molar-refractivity contribution in [1.82, 2.24) is 0 Å². The third kappa shape index (κ3) is 1170. The quantitative estimate of drug-likeness (QED) is 0.408. The van der Waals surface area contributed by atoms with E-state index in [-0.39, 0.29) is 37.7 Å². The molecule has 0 heterocycles. The van der Waals surface area contributed by atoms with Crippen molar-refractivity contribution >= 4 is 6.16 Å². The molecule has 7 heavy (non-hydrogen) atoms. The molecule has 0 aromatic heterocycles. The maximum absolute atomic E-state index is 8.38. The van der Waals surface area contributed by atoms with Crippen LogP contribution in [-0.2, 0) is 41.3 Å². The zero-order valence-electron chi connectivity index (χ0n) is 3.55. The predicted molar refractivity (Wildman–Crippen MR) is 6.08 cm³/mol. The molecule has 0 rings (SSSR count). The van der Waals surface area contributed by atoms with Gasteiger partial charge in [-0.3, -0.25) is 0 Å². The van der Waals surface area contributed by atoms with E-state index in [9.17, 15) is 0 Å². The van der Waals surface area contributed by atoms with Gasteiger partial charge in [0.25, 0.3) is 0 Å². The van der Waals surface area contributed by atoms with E-state index in [1.54, 1.807) is 0 Å². The smallest absolute Gasteiger partial charge is 2.00 e. The Bertz CT molecular complexity index is 41.0. The van der Waals surface area contributed by atoms with Crippen molar-refractivity contribution in [2.24, 2.45) is 0 Å². The van der Waals surface area contributed by atoms with Crippen LogP contribution in [-0.4, -0.2) is 6.16 Å². The molecule has 0 N–H and O–H groups in total. The first kappa shape index (κ1) is 15.7. The largest absolute Gasteiger partial charge is 2.00 e. The van der Waals surface area contributed by atoms with Gasteiger partial charge in [0.1, 0.15) is 0 Å². The molecular weight excluding hydrogens is 207 g/mol. The Balaban J connectivity index is -0.0000000480. The Morgan fingerprint density at radius 3 is 1.29 bits per heavy atom. The topological polar surface area (TPSA) is 80.3 Å². The molecule has 0 bridgehead atoms. The Kier molecular flexibility index (Phi) is 36.3. The van der Waals surface area contributed by atoms with Gasteiger partial charge < -0.3 is 15.0 Å². The van der Waals surface area contributed by atoms with Crippen LogP contribution in [0.3, 0.4) is 0 Å². The molecule has 0 atom stereocenters. The van der Waals surface area contributed by atoms with Gasteiger partial charge in [-0.1, -0.05) is 0 Å². The first-order valence-corrected chi connectivity index (χ1v) is 2.11. The molecule has 0 saturated heterocycles. The standard InChI is InChI=1S/CH2O3.O.2Zn/c2-1(3)4;;;/h(H2,2,3,4);;;/q;;;+2/p-2. The Labute approximate surface area is 62.6 Å². The van der Waals surface area contributed by atoms with E-state index in [0.29, 0.717) is 0 Å². The molecule has 0 unspecified atom stereocenters. The van der Waals surface area contributed by atoms with Gasteiger partial charge in [-0.2, -0.15) is 0 Å². The van der Waals surface area contributed by atoms with Gasteiger partial charge in [0.05, 0.1) is 0 Å². The summed E-state index contributed by atoms with van der Waals surface area (Å²) in [5.74, 6) is 0. The number of carboxylic acid groups (broad SMARTS) is 2. The SMILES string of the molecule is O=C([O-])[O-].[O]=[Zn].[Zn+2]. The molecule has 0 aromatic rings. The van der Waals surface area contributed by atoms with Crippen LogP contribution in [0.4, 0.5) is 4.79 Å². The van der Waals surface area contributed by atoms with Crippen molar-refractivity contribution in [1.29, 1.82) is 0 Å². The molecule has 6 heteroatoms. The molecule has 0 fully saturated rings. The fraction of sp³-hybridized carbons (Fsp3) is 0. The van der Waals surface area contributed by atoms with Crippen molar-refractivity contribution in [2.75, 3.05) is 0 Å². The number of rotatable bonds is 0. The number of carbonyl (C=O) groups is 1. The molecule has 0 spiro atoms. The van der Waals surface area contributed by atoms with Gasteiger partial charge in [0.2, 0.25) is 0 Å². The molecule has 4 nitrogen and oxygen atoms in total. The van der Waals surface area contributed by atoms with Crippen molar-refractivity contribution in [2.45, 2.75) is 0 Å². The van der Waals surface area contributed by atoms with Gasteiger partial charge in [-0.15, -0.1) is 0 Å². The second-order valence-electron chi connectivity index (χ2n) is 0.250. The molecule has 0 aliphatic rings. The summed E-state index contributed by atoms with van der Waals surface area (Å²) in [6, 6.07) is 0. The summed E-state index contributed by atoms with van der Waals surface area (Å²) in [5.41, 5.74) is 0. The predicted octanol–water partition coefficient (Wildman–Crippen LogP) is -2.57. The van der Waals surface area contributed by atoms with Crippen LogP contribution in [0.5, 0.6) is 0 Å². The van der Waals surface area contributed by atoms with Crippen LogP contribution < -0.4 is 10.2 Å². The molecule has 0 radical (unpaired) electrons. The summed E-state index contributed by atoms with van der Waals surface area (Å²) < 4.78 is 8.38. The van der Waals surface area contributed by atoms with E-state index in [2.05, 4.69) is 0 Å². The molecule has 0 aliphatic heterocycles. The van der Waals surface area contributed by atoms with Crippen molar-refractivity contribution in [3.63, 3.8) is 0 Å². The van der Waals surface area contributed by atoms with Gasteiger partial charge >= 0.3 is 41.3 Å². The van der Waals surface area contributed by atoms with Gasteiger partial charge in [-0.25, -0.2) is 0 Å². The maximum Gasteiger partial charge on any atom is 2.00 e. The van der Waals surface area contributed by atoms with Gasteiger partial charge in [0.15, 0.2) is 0 Å². The minimum atomic E-state index is -2.33. The van der Waals surface area contributed by atoms with Gasteiger partial charge in [0, 0.05) is 0 Å². The fourth-order valence-corrected chi connectivity index (χ4v) is 0. The fourth-order valence-electron chi connectivity index (χ4n) is 0. The monoisotopic (exact) mass is 204 g/mol. The third-order valence-electron chi connectivity index (χ3n) is 0. The summed E-state index contributed by atoms with van der Waals surface area (Å²) in [5, 5.41) is 16.7. The zero-order valence-corrected chi connectivity index (χ0v) is 9.48. The van der Waals surface area contributed by atoms with Crippen molar-refractivity contribution in [3.05, 3.63) is 0 Å². The van der Waals surface area contributed by atoms with E-state index in [4.69, 9.17) is 18.6 Å². The van der Waals surface area contributed by atoms with Crippen LogP contribution in [0.1, 0.15) is 0 Å².